The highest BCUT2D eigenvalue weighted by Crippen LogP contribution is 2.24. The molecule has 96 valence electrons. The van der Waals surface area contributed by atoms with Gasteiger partial charge in [-0.2, -0.15) is 0 Å². The molecule has 1 atom stereocenters. The van der Waals surface area contributed by atoms with Gasteiger partial charge in [0.25, 0.3) is 0 Å². The molecule has 0 spiro atoms. The molecule has 1 unspecified atom stereocenters. The zero-order chi connectivity index (χ0) is 12.8. The van der Waals surface area contributed by atoms with Crippen molar-refractivity contribution in [2.75, 3.05) is 12.8 Å². The molecule has 0 aliphatic carbocycles. The van der Waals surface area contributed by atoms with E-state index in [4.69, 9.17) is 0 Å². The first-order valence-electron chi connectivity index (χ1n) is 6.58. The van der Waals surface area contributed by atoms with Crippen molar-refractivity contribution < 1.29 is 0 Å². The van der Waals surface area contributed by atoms with Crippen molar-refractivity contribution in [1.29, 1.82) is 0 Å². The van der Waals surface area contributed by atoms with Crippen LogP contribution < -0.4 is 5.32 Å². The second-order valence-electron chi connectivity index (χ2n) is 4.69. The molecule has 18 heavy (non-hydrogen) atoms. The summed E-state index contributed by atoms with van der Waals surface area (Å²) in [5.41, 5.74) is 0. The normalized spacial score (nSPS) is 12.8. The summed E-state index contributed by atoms with van der Waals surface area (Å²) in [7, 11) is 2.03. The summed E-state index contributed by atoms with van der Waals surface area (Å²) in [6.07, 6.45) is 2.51. The molecule has 0 aromatic heterocycles. The second kappa shape index (κ2) is 6.81. The quantitative estimate of drug-likeness (QED) is 0.612. The lowest BCUT2D eigenvalue weighted by atomic mass is 10.1. The summed E-state index contributed by atoms with van der Waals surface area (Å²) < 4.78 is 0. The summed E-state index contributed by atoms with van der Waals surface area (Å²) in [4.78, 5) is 1.38. The Bertz CT molecular complexity index is 495. The third-order valence-corrected chi connectivity index (χ3v) is 4.34. The minimum absolute atomic E-state index is 0.627. The molecule has 0 radical (unpaired) electrons. The zero-order valence-corrected chi connectivity index (χ0v) is 12.0. The molecule has 2 aromatic carbocycles. The number of benzene rings is 2. The summed E-state index contributed by atoms with van der Waals surface area (Å²) in [5, 5.41) is 5.94. The average Bonchev–Trinajstić information content (AvgIpc) is 2.43. The molecule has 0 heterocycles. The van der Waals surface area contributed by atoms with Gasteiger partial charge in [0.15, 0.2) is 0 Å². The molecular weight excluding hydrogens is 238 g/mol. The third kappa shape index (κ3) is 3.76. The van der Waals surface area contributed by atoms with Crippen LogP contribution in [0, 0.1) is 0 Å². The van der Waals surface area contributed by atoms with E-state index in [0.717, 1.165) is 0 Å². The van der Waals surface area contributed by atoms with Crippen molar-refractivity contribution in [3.05, 3.63) is 42.5 Å². The maximum absolute atomic E-state index is 3.28. The van der Waals surface area contributed by atoms with E-state index < -0.39 is 0 Å². The van der Waals surface area contributed by atoms with Gasteiger partial charge in [0, 0.05) is 10.9 Å². The van der Waals surface area contributed by atoms with Crippen LogP contribution in [0.1, 0.15) is 19.8 Å². The van der Waals surface area contributed by atoms with E-state index in [2.05, 4.69) is 54.7 Å². The molecule has 0 fully saturated rings. The van der Waals surface area contributed by atoms with Crippen LogP contribution >= 0.6 is 11.8 Å². The molecule has 2 rings (SSSR count). The van der Waals surface area contributed by atoms with E-state index in [0.29, 0.717) is 6.04 Å². The molecule has 0 aliphatic heterocycles. The highest BCUT2D eigenvalue weighted by Gasteiger charge is 2.00. The zero-order valence-electron chi connectivity index (χ0n) is 11.1. The van der Waals surface area contributed by atoms with Crippen LogP contribution in [0.2, 0.25) is 0 Å². The van der Waals surface area contributed by atoms with E-state index >= 15 is 0 Å². The van der Waals surface area contributed by atoms with E-state index in [9.17, 15) is 0 Å². The summed E-state index contributed by atoms with van der Waals surface area (Å²) in [6.45, 7) is 2.24. The molecule has 0 saturated carbocycles. The fourth-order valence-electron chi connectivity index (χ4n) is 1.98. The van der Waals surface area contributed by atoms with Crippen LogP contribution in [0.25, 0.3) is 10.8 Å². The molecule has 0 amide bonds. The lowest BCUT2D eigenvalue weighted by Crippen LogP contribution is -2.20. The van der Waals surface area contributed by atoms with E-state index in [1.165, 1.54) is 34.3 Å². The number of thioether (sulfide) groups is 1. The van der Waals surface area contributed by atoms with E-state index in [-0.39, 0.29) is 0 Å². The molecule has 0 aliphatic rings. The van der Waals surface area contributed by atoms with Crippen molar-refractivity contribution >= 4 is 22.5 Å². The number of rotatable bonds is 6. The van der Waals surface area contributed by atoms with Crippen molar-refractivity contribution in [2.24, 2.45) is 0 Å². The topological polar surface area (TPSA) is 12.0 Å². The van der Waals surface area contributed by atoms with Gasteiger partial charge in [-0.25, -0.2) is 0 Å². The minimum Gasteiger partial charge on any atom is -0.317 e. The molecule has 1 N–H and O–H groups in total. The first kappa shape index (κ1) is 13.4. The molecule has 0 saturated heterocycles. The lowest BCUT2D eigenvalue weighted by Gasteiger charge is -2.09. The Labute approximate surface area is 114 Å². The van der Waals surface area contributed by atoms with Gasteiger partial charge < -0.3 is 5.32 Å². The van der Waals surface area contributed by atoms with Crippen molar-refractivity contribution in [1.82, 2.24) is 5.32 Å². The van der Waals surface area contributed by atoms with Crippen molar-refractivity contribution in [3.8, 4) is 0 Å². The predicted molar refractivity (Wildman–Crippen MR) is 82.4 cm³/mol. The summed E-state index contributed by atoms with van der Waals surface area (Å²) >= 11 is 1.96. The Balaban J connectivity index is 1.88. The Kier molecular flexibility index (Phi) is 5.09. The van der Waals surface area contributed by atoms with Crippen LogP contribution in [0.5, 0.6) is 0 Å². The smallest absolute Gasteiger partial charge is 0.00783 e. The SMILES string of the molecule is CNC(C)CCCSc1ccc2ccccc2c1. The van der Waals surface area contributed by atoms with Gasteiger partial charge >= 0.3 is 0 Å². The Morgan fingerprint density at radius 1 is 1.11 bits per heavy atom. The summed E-state index contributed by atoms with van der Waals surface area (Å²) in [6, 6.07) is 15.9. The van der Waals surface area contributed by atoms with Crippen LogP contribution in [0.3, 0.4) is 0 Å². The average molecular weight is 259 g/mol. The maximum Gasteiger partial charge on any atom is 0.00783 e. The van der Waals surface area contributed by atoms with Crippen LogP contribution in [-0.2, 0) is 0 Å². The van der Waals surface area contributed by atoms with Crippen LogP contribution in [0.4, 0.5) is 0 Å². The standard InChI is InChI=1S/C16H21NS/c1-13(17-2)6-5-11-18-16-10-9-14-7-3-4-8-15(14)12-16/h3-4,7-10,12-13,17H,5-6,11H2,1-2H3. The number of fused-ring (bicyclic) bond motifs is 1. The molecule has 1 nitrogen and oxygen atoms in total. The number of nitrogens with one attached hydrogen (secondary N) is 1. The van der Waals surface area contributed by atoms with Gasteiger partial charge in [0.1, 0.15) is 0 Å². The van der Waals surface area contributed by atoms with E-state index in [1.54, 1.807) is 0 Å². The number of hydrogen-bond acceptors (Lipinski definition) is 2. The van der Waals surface area contributed by atoms with E-state index in [1.807, 2.05) is 18.8 Å². The fraction of sp³-hybridized carbons (Fsp3) is 0.375. The summed E-state index contributed by atoms with van der Waals surface area (Å²) in [5.74, 6) is 1.20. The lowest BCUT2D eigenvalue weighted by molar-refractivity contribution is 0.559. The second-order valence-corrected chi connectivity index (χ2v) is 5.86. The molecule has 0 bridgehead atoms. The minimum atomic E-state index is 0.627. The van der Waals surface area contributed by atoms with Gasteiger partial charge in [-0.1, -0.05) is 30.3 Å². The number of hydrogen-bond donors (Lipinski definition) is 1. The highest BCUT2D eigenvalue weighted by atomic mass is 32.2. The van der Waals surface area contributed by atoms with Gasteiger partial charge in [-0.3, -0.25) is 0 Å². The first-order valence-corrected chi connectivity index (χ1v) is 7.57. The molecular formula is C16H21NS. The Hall–Kier alpha value is -0.990. The Morgan fingerprint density at radius 2 is 1.89 bits per heavy atom. The molecule has 2 heteroatoms. The monoisotopic (exact) mass is 259 g/mol. The van der Waals surface area contributed by atoms with Gasteiger partial charge in [0.05, 0.1) is 0 Å². The highest BCUT2D eigenvalue weighted by molar-refractivity contribution is 7.99. The van der Waals surface area contributed by atoms with Gasteiger partial charge in [0.2, 0.25) is 0 Å². The maximum atomic E-state index is 3.28. The van der Waals surface area contributed by atoms with Gasteiger partial charge in [-0.15, -0.1) is 11.8 Å². The third-order valence-electron chi connectivity index (χ3n) is 3.26. The first-order chi connectivity index (χ1) is 8.79. The van der Waals surface area contributed by atoms with Crippen molar-refractivity contribution in [3.63, 3.8) is 0 Å². The van der Waals surface area contributed by atoms with Crippen LogP contribution in [0.15, 0.2) is 47.4 Å². The van der Waals surface area contributed by atoms with Crippen LogP contribution in [-0.4, -0.2) is 18.8 Å². The fourth-order valence-corrected chi connectivity index (χ4v) is 2.90. The van der Waals surface area contributed by atoms with Crippen molar-refractivity contribution in [2.45, 2.75) is 30.7 Å². The predicted octanol–water partition coefficient (Wildman–Crippen LogP) is 4.32. The largest absolute Gasteiger partial charge is 0.317 e. The van der Waals surface area contributed by atoms with Gasteiger partial charge in [-0.05, 0) is 55.5 Å². The molecule has 2 aromatic rings. The Morgan fingerprint density at radius 3 is 2.67 bits per heavy atom.